The van der Waals surface area contributed by atoms with Gasteiger partial charge >= 0.3 is 0 Å². The number of anilines is 1. The van der Waals surface area contributed by atoms with Gasteiger partial charge in [-0.25, -0.2) is 4.98 Å². The number of carbonyl (C=O) groups excluding carboxylic acids is 1. The van der Waals surface area contributed by atoms with Gasteiger partial charge in [0.1, 0.15) is 5.65 Å². The summed E-state index contributed by atoms with van der Waals surface area (Å²) in [6, 6.07) is 18.7. The smallest absolute Gasteiger partial charge is 0.159 e. The number of nitrogens with one attached hydrogen (secondary N) is 1. The number of hydrogen-bond donors (Lipinski definition) is 1. The molecule has 0 atom stereocenters. The van der Waals surface area contributed by atoms with E-state index in [4.69, 9.17) is 0 Å². The fourth-order valence-electron chi connectivity index (χ4n) is 4.21. The largest absolute Gasteiger partial charge is 0.369 e. The fourth-order valence-corrected chi connectivity index (χ4v) is 4.21. The van der Waals surface area contributed by atoms with E-state index >= 15 is 0 Å². The van der Waals surface area contributed by atoms with Crippen LogP contribution in [0.25, 0.3) is 33.3 Å². The second-order valence-electron chi connectivity index (χ2n) is 8.29. The quantitative estimate of drug-likeness (QED) is 0.489. The summed E-state index contributed by atoms with van der Waals surface area (Å²) in [5.74, 6) is 0.0782. The highest BCUT2D eigenvalue weighted by Gasteiger charge is 2.14. The van der Waals surface area contributed by atoms with Crippen LogP contribution in [0.2, 0.25) is 0 Å². The normalized spacial score (nSPS) is 14.8. The third-order valence-corrected chi connectivity index (χ3v) is 6.20. The molecule has 1 aliphatic rings. The molecule has 0 saturated carbocycles. The van der Waals surface area contributed by atoms with Crippen molar-refractivity contribution in [2.24, 2.45) is 0 Å². The van der Waals surface area contributed by atoms with Gasteiger partial charge in [-0.05, 0) is 43.3 Å². The summed E-state index contributed by atoms with van der Waals surface area (Å²) in [5.41, 5.74) is 7.28. The van der Waals surface area contributed by atoms with Crippen LogP contribution >= 0.6 is 0 Å². The van der Waals surface area contributed by atoms with Gasteiger partial charge in [0.2, 0.25) is 0 Å². The van der Waals surface area contributed by atoms with Gasteiger partial charge < -0.3 is 14.8 Å². The summed E-state index contributed by atoms with van der Waals surface area (Å²) >= 11 is 0. The zero-order chi connectivity index (χ0) is 21.4. The maximum Gasteiger partial charge on any atom is 0.159 e. The number of nitrogens with zero attached hydrogens (tertiary/aromatic N) is 3. The van der Waals surface area contributed by atoms with Crippen LogP contribution in [-0.2, 0) is 0 Å². The van der Waals surface area contributed by atoms with E-state index in [0.717, 1.165) is 65.0 Å². The SMILES string of the molecule is CC(=O)c1ccc(-c2c[nH]c3ncc(-c4ccc(N5CCN(C)CC5)cc4)cc23)cc1. The van der Waals surface area contributed by atoms with E-state index < -0.39 is 0 Å². The first-order valence-electron chi connectivity index (χ1n) is 10.7. The molecule has 156 valence electrons. The zero-order valence-electron chi connectivity index (χ0n) is 17.9. The summed E-state index contributed by atoms with van der Waals surface area (Å²) in [5, 5.41) is 1.08. The minimum absolute atomic E-state index is 0.0782. The Morgan fingerprint density at radius 2 is 1.58 bits per heavy atom. The molecule has 5 rings (SSSR count). The van der Waals surface area contributed by atoms with Crippen LogP contribution in [0.15, 0.2) is 67.0 Å². The van der Waals surface area contributed by atoms with Gasteiger partial charge in [-0.2, -0.15) is 0 Å². The van der Waals surface area contributed by atoms with Crippen molar-refractivity contribution in [3.8, 4) is 22.3 Å². The number of rotatable bonds is 4. The average molecular weight is 411 g/mol. The second-order valence-corrected chi connectivity index (χ2v) is 8.29. The summed E-state index contributed by atoms with van der Waals surface area (Å²) in [6.07, 6.45) is 3.91. The van der Waals surface area contributed by atoms with Crippen LogP contribution < -0.4 is 4.90 Å². The minimum atomic E-state index is 0.0782. The van der Waals surface area contributed by atoms with Crippen LogP contribution in [-0.4, -0.2) is 53.9 Å². The van der Waals surface area contributed by atoms with Crippen LogP contribution in [0.5, 0.6) is 0 Å². The van der Waals surface area contributed by atoms with Crippen LogP contribution in [0.4, 0.5) is 5.69 Å². The number of H-pyrrole nitrogens is 1. The molecule has 4 aromatic rings. The van der Waals surface area contributed by atoms with Crippen molar-refractivity contribution in [3.63, 3.8) is 0 Å². The molecule has 0 bridgehead atoms. The van der Waals surface area contributed by atoms with Crippen LogP contribution in [0.1, 0.15) is 17.3 Å². The van der Waals surface area contributed by atoms with Gasteiger partial charge in [0.25, 0.3) is 0 Å². The summed E-state index contributed by atoms with van der Waals surface area (Å²) in [7, 11) is 2.18. The topological polar surface area (TPSA) is 52.2 Å². The Morgan fingerprint density at radius 1 is 0.903 bits per heavy atom. The lowest BCUT2D eigenvalue weighted by molar-refractivity contribution is 0.101. The number of fused-ring (bicyclic) bond motifs is 1. The Kier molecular flexibility index (Phi) is 5.04. The lowest BCUT2D eigenvalue weighted by Gasteiger charge is -2.34. The lowest BCUT2D eigenvalue weighted by Crippen LogP contribution is -2.44. The van der Waals surface area contributed by atoms with Crippen molar-refractivity contribution < 1.29 is 4.79 Å². The monoisotopic (exact) mass is 410 g/mol. The average Bonchev–Trinajstić information content (AvgIpc) is 3.23. The highest BCUT2D eigenvalue weighted by molar-refractivity contribution is 5.98. The molecule has 0 aliphatic carbocycles. The van der Waals surface area contributed by atoms with E-state index in [1.54, 1.807) is 6.92 Å². The first-order chi connectivity index (χ1) is 15.1. The first-order valence-corrected chi connectivity index (χ1v) is 10.7. The van der Waals surface area contributed by atoms with E-state index in [0.29, 0.717) is 0 Å². The highest BCUT2D eigenvalue weighted by Crippen LogP contribution is 2.32. The second kappa shape index (κ2) is 8.00. The molecule has 5 nitrogen and oxygen atoms in total. The molecule has 31 heavy (non-hydrogen) atoms. The molecular weight excluding hydrogens is 384 g/mol. The van der Waals surface area contributed by atoms with Crippen molar-refractivity contribution in [3.05, 3.63) is 72.6 Å². The number of hydrogen-bond acceptors (Lipinski definition) is 4. The summed E-state index contributed by atoms with van der Waals surface area (Å²) in [6.45, 7) is 5.93. The maximum atomic E-state index is 11.6. The standard InChI is InChI=1S/C26H26N4O/c1-18(31)19-3-5-21(6-4-19)25-17-28-26-24(25)15-22(16-27-26)20-7-9-23(10-8-20)30-13-11-29(2)12-14-30/h3-10,15-17H,11-14H2,1-2H3,(H,27,28). The number of aromatic nitrogens is 2. The van der Waals surface area contributed by atoms with Crippen molar-refractivity contribution in [1.82, 2.24) is 14.9 Å². The molecule has 1 aliphatic heterocycles. The number of likely N-dealkylation sites (N-methyl/N-ethyl adjacent to an activating group) is 1. The molecule has 5 heteroatoms. The third kappa shape index (κ3) is 3.84. The van der Waals surface area contributed by atoms with Gasteiger partial charge in [-0.3, -0.25) is 4.79 Å². The predicted octanol–water partition coefficient (Wildman–Crippen LogP) is 4.85. The Hall–Kier alpha value is -3.44. The highest BCUT2D eigenvalue weighted by atomic mass is 16.1. The molecule has 1 fully saturated rings. The molecule has 0 radical (unpaired) electrons. The van der Waals surface area contributed by atoms with Crippen molar-refractivity contribution in [1.29, 1.82) is 0 Å². The fraction of sp³-hybridized carbons (Fsp3) is 0.231. The summed E-state index contributed by atoms with van der Waals surface area (Å²) in [4.78, 5) is 24.3. The van der Waals surface area contributed by atoms with E-state index in [2.05, 4.69) is 57.1 Å². The molecule has 1 saturated heterocycles. The Bertz CT molecular complexity index is 1220. The molecule has 0 spiro atoms. The number of pyridine rings is 1. The Balaban J connectivity index is 1.44. The van der Waals surface area contributed by atoms with Gasteiger partial charge in [-0.15, -0.1) is 0 Å². The third-order valence-electron chi connectivity index (χ3n) is 6.20. The van der Waals surface area contributed by atoms with E-state index in [1.165, 1.54) is 5.69 Å². The number of benzene rings is 2. The number of aromatic amines is 1. The van der Waals surface area contributed by atoms with Gasteiger partial charge in [0.05, 0.1) is 0 Å². The minimum Gasteiger partial charge on any atom is -0.369 e. The summed E-state index contributed by atoms with van der Waals surface area (Å²) < 4.78 is 0. The molecule has 0 unspecified atom stereocenters. The number of piperazine rings is 1. The molecule has 1 N–H and O–H groups in total. The maximum absolute atomic E-state index is 11.6. The molecule has 2 aromatic carbocycles. The molecule has 2 aromatic heterocycles. The van der Waals surface area contributed by atoms with Crippen molar-refractivity contribution in [2.45, 2.75) is 6.92 Å². The Labute approximate surface area is 182 Å². The van der Waals surface area contributed by atoms with E-state index in [1.807, 2.05) is 36.7 Å². The van der Waals surface area contributed by atoms with Gasteiger partial charge in [0.15, 0.2) is 5.78 Å². The predicted molar refractivity (Wildman–Crippen MR) is 127 cm³/mol. The lowest BCUT2D eigenvalue weighted by atomic mass is 10.0. The van der Waals surface area contributed by atoms with Crippen LogP contribution in [0, 0.1) is 0 Å². The molecule has 3 heterocycles. The number of ketones is 1. The van der Waals surface area contributed by atoms with Crippen molar-refractivity contribution >= 4 is 22.5 Å². The first kappa shape index (κ1) is 19.5. The number of Topliss-reactive ketones (excluding diaryl/α,β-unsaturated/α-hetero) is 1. The molecular formula is C26H26N4O. The van der Waals surface area contributed by atoms with Gasteiger partial charge in [0, 0.05) is 66.3 Å². The Morgan fingerprint density at radius 3 is 2.26 bits per heavy atom. The van der Waals surface area contributed by atoms with E-state index in [9.17, 15) is 4.79 Å². The zero-order valence-corrected chi connectivity index (χ0v) is 17.9. The van der Waals surface area contributed by atoms with Crippen molar-refractivity contribution in [2.75, 3.05) is 38.1 Å². The molecule has 0 amide bonds. The van der Waals surface area contributed by atoms with E-state index in [-0.39, 0.29) is 5.78 Å². The van der Waals surface area contributed by atoms with Gasteiger partial charge in [-0.1, -0.05) is 36.4 Å². The number of carbonyl (C=O) groups is 1. The van der Waals surface area contributed by atoms with Crippen LogP contribution in [0.3, 0.4) is 0 Å².